The van der Waals surface area contributed by atoms with E-state index in [1.165, 1.54) is 23.3 Å². The number of hydrogen-bond donors (Lipinski definition) is 1. The molecule has 0 aliphatic rings. The maximum atomic E-state index is 11.5. The zero-order valence-electron chi connectivity index (χ0n) is 12.6. The van der Waals surface area contributed by atoms with E-state index >= 15 is 0 Å². The summed E-state index contributed by atoms with van der Waals surface area (Å²) in [5.41, 5.74) is 6.32. The lowest BCUT2D eigenvalue weighted by atomic mass is 10.2. The molecule has 1 aromatic heterocycles. The third-order valence-electron chi connectivity index (χ3n) is 3.11. The third kappa shape index (κ3) is 4.42. The van der Waals surface area contributed by atoms with Gasteiger partial charge in [0.25, 0.3) is 0 Å². The number of carbonyl (C=O) groups is 1. The van der Waals surface area contributed by atoms with E-state index in [-0.39, 0.29) is 5.97 Å². The molecule has 4 nitrogen and oxygen atoms in total. The smallest absolute Gasteiger partial charge is 0.340 e. The SMILES string of the molecule is COC(=O)c1cc(CCCSc2ccc(OC)cc2)sc1N. The summed E-state index contributed by atoms with van der Waals surface area (Å²) in [5.74, 6) is 1.51. The van der Waals surface area contributed by atoms with Crippen LogP contribution in [0.25, 0.3) is 0 Å². The van der Waals surface area contributed by atoms with Crippen molar-refractivity contribution in [3.8, 4) is 5.75 Å². The largest absolute Gasteiger partial charge is 0.497 e. The molecule has 118 valence electrons. The van der Waals surface area contributed by atoms with Crippen molar-refractivity contribution < 1.29 is 14.3 Å². The highest BCUT2D eigenvalue weighted by Gasteiger charge is 2.14. The van der Waals surface area contributed by atoms with Crippen LogP contribution in [-0.4, -0.2) is 25.9 Å². The van der Waals surface area contributed by atoms with Crippen LogP contribution in [0.2, 0.25) is 0 Å². The molecule has 0 radical (unpaired) electrons. The topological polar surface area (TPSA) is 61.5 Å². The number of aryl methyl sites for hydroxylation is 1. The molecular formula is C16H19NO3S2. The van der Waals surface area contributed by atoms with Crippen LogP contribution in [0.1, 0.15) is 21.7 Å². The zero-order chi connectivity index (χ0) is 15.9. The molecule has 0 fully saturated rings. The van der Waals surface area contributed by atoms with Crippen LogP contribution >= 0.6 is 23.1 Å². The fourth-order valence-corrected chi connectivity index (χ4v) is 3.77. The van der Waals surface area contributed by atoms with E-state index in [1.54, 1.807) is 18.9 Å². The highest BCUT2D eigenvalue weighted by Crippen LogP contribution is 2.28. The molecule has 0 unspecified atom stereocenters. The van der Waals surface area contributed by atoms with Gasteiger partial charge in [-0.2, -0.15) is 0 Å². The van der Waals surface area contributed by atoms with Crippen LogP contribution < -0.4 is 10.5 Å². The summed E-state index contributed by atoms with van der Waals surface area (Å²) >= 11 is 3.27. The van der Waals surface area contributed by atoms with Crippen molar-refractivity contribution in [1.29, 1.82) is 0 Å². The first-order valence-electron chi connectivity index (χ1n) is 6.87. The van der Waals surface area contributed by atoms with Crippen LogP contribution in [0.3, 0.4) is 0 Å². The standard InChI is InChI=1S/C16H19NO3S2/c1-19-11-5-7-12(8-6-11)21-9-3-4-13-10-14(15(17)22-13)16(18)20-2/h5-8,10H,3-4,9,17H2,1-2H3. The Bertz CT molecular complexity index is 623. The highest BCUT2D eigenvalue weighted by molar-refractivity contribution is 7.99. The third-order valence-corrected chi connectivity index (χ3v) is 5.24. The molecule has 0 saturated heterocycles. The van der Waals surface area contributed by atoms with Crippen molar-refractivity contribution in [3.63, 3.8) is 0 Å². The first-order valence-corrected chi connectivity index (χ1v) is 8.67. The number of thioether (sulfide) groups is 1. The van der Waals surface area contributed by atoms with Gasteiger partial charge in [-0.05, 0) is 48.9 Å². The van der Waals surface area contributed by atoms with Crippen LogP contribution in [0, 0.1) is 0 Å². The molecule has 22 heavy (non-hydrogen) atoms. The number of hydrogen-bond acceptors (Lipinski definition) is 6. The van der Waals surface area contributed by atoms with Crippen LogP contribution in [0.5, 0.6) is 5.75 Å². The molecule has 2 rings (SSSR count). The Kier molecular flexibility index (Phi) is 6.15. The number of carbonyl (C=O) groups excluding carboxylic acids is 1. The number of nitrogens with two attached hydrogens (primary N) is 1. The normalized spacial score (nSPS) is 10.5. The summed E-state index contributed by atoms with van der Waals surface area (Å²) in [6.07, 6.45) is 1.94. The quantitative estimate of drug-likeness (QED) is 0.472. The average molecular weight is 337 g/mol. The van der Waals surface area contributed by atoms with Crippen LogP contribution in [0.15, 0.2) is 35.2 Å². The van der Waals surface area contributed by atoms with Crippen molar-refractivity contribution in [2.24, 2.45) is 0 Å². The Morgan fingerprint density at radius 3 is 2.64 bits per heavy atom. The number of methoxy groups -OCH3 is 2. The second-order valence-electron chi connectivity index (χ2n) is 4.61. The second-order valence-corrected chi connectivity index (χ2v) is 6.95. The van der Waals surface area contributed by atoms with Gasteiger partial charge in [-0.3, -0.25) is 0 Å². The van der Waals surface area contributed by atoms with E-state index in [2.05, 4.69) is 12.1 Å². The van der Waals surface area contributed by atoms with E-state index in [9.17, 15) is 4.79 Å². The predicted octanol–water partition coefficient (Wildman–Crippen LogP) is 3.85. The molecule has 0 spiro atoms. The Balaban J connectivity index is 1.80. The lowest BCUT2D eigenvalue weighted by Gasteiger charge is -2.03. The fraction of sp³-hybridized carbons (Fsp3) is 0.312. The van der Waals surface area contributed by atoms with Gasteiger partial charge in [0, 0.05) is 9.77 Å². The zero-order valence-corrected chi connectivity index (χ0v) is 14.3. The van der Waals surface area contributed by atoms with E-state index in [4.69, 9.17) is 15.2 Å². The summed E-state index contributed by atoms with van der Waals surface area (Å²) in [6, 6.07) is 9.88. The molecule has 6 heteroatoms. The Morgan fingerprint density at radius 1 is 1.27 bits per heavy atom. The monoisotopic (exact) mass is 337 g/mol. The Morgan fingerprint density at radius 2 is 2.00 bits per heavy atom. The molecule has 0 atom stereocenters. The molecule has 0 bridgehead atoms. The summed E-state index contributed by atoms with van der Waals surface area (Å²) < 4.78 is 9.84. The lowest BCUT2D eigenvalue weighted by Crippen LogP contribution is -2.02. The molecule has 0 saturated carbocycles. The summed E-state index contributed by atoms with van der Waals surface area (Å²) in [7, 11) is 3.03. The Hall–Kier alpha value is -1.66. The summed E-state index contributed by atoms with van der Waals surface area (Å²) in [5, 5.41) is 0.532. The average Bonchev–Trinajstić information content (AvgIpc) is 2.92. The fourth-order valence-electron chi connectivity index (χ4n) is 1.96. The van der Waals surface area contributed by atoms with Gasteiger partial charge in [-0.15, -0.1) is 23.1 Å². The minimum Gasteiger partial charge on any atom is -0.497 e. The molecule has 0 aliphatic heterocycles. The molecular weight excluding hydrogens is 318 g/mol. The number of ether oxygens (including phenoxy) is 2. The number of benzene rings is 1. The Labute approximate surface area is 138 Å². The van der Waals surface area contributed by atoms with Gasteiger partial charge >= 0.3 is 5.97 Å². The van der Waals surface area contributed by atoms with E-state index in [0.717, 1.165) is 29.2 Å². The number of nitrogen functional groups attached to an aromatic ring is 1. The van der Waals surface area contributed by atoms with Crippen LogP contribution in [-0.2, 0) is 11.2 Å². The van der Waals surface area contributed by atoms with E-state index < -0.39 is 0 Å². The van der Waals surface area contributed by atoms with E-state index in [0.29, 0.717) is 10.6 Å². The van der Waals surface area contributed by atoms with Gasteiger partial charge in [0.2, 0.25) is 0 Å². The van der Waals surface area contributed by atoms with Gasteiger partial charge in [0.15, 0.2) is 0 Å². The van der Waals surface area contributed by atoms with Gasteiger partial charge in [0.1, 0.15) is 10.8 Å². The van der Waals surface area contributed by atoms with Crippen molar-refractivity contribution in [2.45, 2.75) is 17.7 Å². The van der Waals surface area contributed by atoms with Crippen molar-refractivity contribution in [3.05, 3.63) is 40.8 Å². The number of esters is 1. The number of thiophene rings is 1. The van der Waals surface area contributed by atoms with Gasteiger partial charge in [-0.1, -0.05) is 0 Å². The lowest BCUT2D eigenvalue weighted by molar-refractivity contribution is 0.0602. The molecule has 2 aromatic rings. The second kappa shape index (κ2) is 8.10. The minimum absolute atomic E-state index is 0.368. The molecule has 1 heterocycles. The predicted molar refractivity (Wildman–Crippen MR) is 92.1 cm³/mol. The van der Waals surface area contributed by atoms with Crippen molar-refractivity contribution >= 4 is 34.1 Å². The molecule has 0 aliphatic carbocycles. The maximum Gasteiger partial charge on any atom is 0.340 e. The van der Waals surface area contributed by atoms with Crippen molar-refractivity contribution in [2.75, 3.05) is 25.7 Å². The number of rotatable bonds is 7. The molecule has 0 amide bonds. The van der Waals surface area contributed by atoms with Gasteiger partial charge in [0.05, 0.1) is 19.8 Å². The van der Waals surface area contributed by atoms with Crippen molar-refractivity contribution in [1.82, 2.24) is 0 Å². The minimum atomic E-state index is -0.368. The number of anilines is 1. The maximum absolute atomic E-state index is 11.5. The summed E-state index contributed by atoms with van der Waals surface area (Å²) in [6.45, 7) is 0. The first-order chi connectivity index (χ1) is 10.6. The van der Waals surface area contributed by atoms with Gasteiger partial charge in [-0.25, -0.2) is 4.79 Å². The van der Waals surface area contributed by atoms with Gasteiger partial charge < -0.3 is 15.2 Å². The summed E-state index contributed by atoms with van der Waals surface area (Å²) in [4.78, 5) is 13.8. The first kappa shape index (κ1) is 16.7. The van der Waals surface area contributed by atoms with E-state index in [1.807, 2.05) is 18.2 Å². The van der Waals surface area contributed by atoms with Crippen LogP contribution in [0.4, 0.5) is 5.00 Å². The highest BCUT2D eigenvalue weighted by atomic mass is 32.2. The molecule has 2 N–H and O–H groups in total. The molecule has 1 aromatic carbocycles.